The number of hydrogen-bond donors (Lipinski definition) is 2. The number of halogens is 1. The van der Waals surface area contributed by atoms with E-state index in [0.29, 0.717) is 17.3 Å². The van der Waals surface area contributed by atoms with Crippen LogP contribution in [-0.2, 0) is 13.0 Å². The van der Waals surface area contributed by atoms with Crippen LogP contribution < -0.4 is 4.74 Å². The topological polar surface area (TPSA) is 61.4 Å². The number of aromatic amines is 1. The Bertz CT molecular complexity index is 585. The van der Waals surface area contributed by atoms with Gasteiger partial charge in [0.25, 0.3) is 0 Å². The summed E-state index contributed by atoms with van der Waals surface area (Å²) >= 11 is 5.82. The molecule has 1 aliphatic rings. The Morgan fingerprint density at radius 2 is 2.19 bits per heavy atom. The molecule has 112 valence electrons. The van der Waals surface area contributed by atoms with Gasteiger partial charge in [0.2, 0.25) is 0 Å². The molecule has 1 unspecified atom stereocenters. The lowest BCUT2D eigenvalue weighted by Gasteiger charge is -2.28. The summed E-state index contributed by atoms with van der Waals surface area (Å²) in [5.74, 6) is 0.717. The highest BCUT2D eigenvalue weighted by molar-refractivity contribution is 6.30. The van der Waals surface area contributed by atoms with E-state index in [-0.39, 0.29) is 6.61 Å². The second-order valence-corrected chi connectivity index (χ2v) is 5.71. The zero-order chi connectivity index (χ0) is 14.7. The van der Waals surface area contributed by atoms with Gasteiger partial charge in [-0.1, -0.05) is 11.6 Å². The fraction of sp³-hybridized carbons (Fsp3) is 0.400. The molecule has 1 atom stereocenters. The van der Waals surface area contributed by atoms with E-state index in [1.807, 2.05) is 6.20 Å². The average molecular weight is 308 g/mol. The van der Waals surface area contributed by atoms with Crippen LogP contribution in [0.1, 0.15) is 11.3 Å². The van der Waals surface area contributed by atoms with Crippen molar-refractivity contribution in [3.63, 3.8) is 0 Å². The summed E-state index contributed by atoms with van der Waals surface area (Å²) < 4.78 is 5.56. The van der Waals surface area contributed by atoms with Crippen molar-refractivity contribution in [1.82, 2.24) is 15.1 Å². The third kappa shape index (κ3) is 3.75. The summed E-state index contributed by atoms with van der Waals surface area (Å²) in [7, 11) is 0. The Kier molecular flexibility index (Phi) is 4.43. The van der Waals surface area contributed by atoms with E-state index in [4.69, 9.17) is 16.3 Å². The molecule has 0 saturated carbocycles. The first kappa shape index (κ1) is 14.4. The minimum Gasteiger partial charge on any atom is -0.491 e. The van der Waals surface area contributed by atoms with Gasteiger partial charge in [-0.3, -0.25) is 10.00 Å². The van der Waals surface area contributed by atoms with Crippen molar-refractivity contribution in [3.8, 4) is 5.75 Å². The SMILES string of the molecule is OC(COc1ccc(Cl)cc1)CN1CCc2[nH]ncc2C1. The van der Waals surface area contributed by atoms with Crippen molar-refractivity contribution in [1.29, 1.82) is 0 Å². The van der Waals surface area contributed by atoms with E-state index in [1.165, 1.54) is 11.3 Å². The van der Waals surface area contributed by atoms with Crippen LogP contribution in [0.4, 0.5) is 0 Å². The molecule has 2 N–H and O–H groups in total. The van der Waals surface area contributed by atoms with Crippen LogP contribution in [0.5, 0.6) is 5.75 Å². The smallest absolute Gasteiger partial charge is 0.119 e. The molecule has 5 nitrogen and oxygen atoms in total. The van der Waals surface area contributed by atoms with Gasteiger partial charge in [-0.05, 0) is 24.3 Å². The standard InChI is InChI=1S/C15H18ClN3O2/c16-12-1-3-14(4-2-12)21-10-13(20)9-19-6-5-15-11(8-19)7-17-18-15/h1-4,7,13,20H,5-6,8-10H2,(H,17,18). The quantitative estimate of drug-likeness (QED) is 0.885. The largest absolute Gasteiger partial charge is 0.491 e. The first-order chi connectivity index (χ1) is 10.2. The highest BCUT2D eigenvalue weighted by Gasteiger charge is 2.20. The van der Waals surface area contributed by atoms with Crippen molar-refractivity contribution in [2.75, 3.05) is 19.7 Å². The molecule has 0 aliphatic carbocycles. The van der Waals surface area contributed by atoms with Crippen molar-refractivity contribution >= 4 is 11.6 Å². The van der Waals surface area contributed by atoms with Gasteiger partial charge < -0.3 is 9.84 Å². The van der Waals surface area contributed by atoms with Gasteiger partial charge in [0, 0.05) is 42.3 Å². The number of benzene rings is 1. The van der Waals surface area contributed by atoms with Crippen molar-refractivity contribution < 1.29 is 9.84 Å². The summed E-state index contributed by atoms with van der Waals surface area (Å²) in [6, 6.07) is 7.14. The highest BCUT2D eigenvalue weighted by Crippen LogP contribution is 2.17. The van der Waals surface area contributed by atoms with E-state index in [2.05, 4.69) is 15.1 Å². The molecule has 2 heterocycles. The predicted molar refractivity (Wildman–Crippen MR) is 80.5 cm³/mol. The number of H-pyrrole nitrogens is 1. The molecular formula is C15H18ClN3O2. The maximum atomic E-state index is 10.1. The molecule has 2 aromatic rings. The Labute approximate surface area is 128 Å². The third-order valence-corrected chi connectivity index (χ3v) is 3.86. The molecule has 1 aliphatic heterocycles. The number of aliphatic hydroxyl groups excluding tert-OH is 1. The number of β-amino-alcohol motifs (C(OH)–C–C–N with tert-alkyl or cyclic N) is 1. The molecule has 0 radical (unpaired) electrons. The predicted octanol–water partition coefficient (Wildman–Crippen LogP) is 1.86. The zero-order valence-corrected chi connectivity index (χ0v) is 12.4. The van der Waals surface area contributed by atoms with Crippen LogP contribution in [0.3, 0.4) is 0 Å². The van der Waals surface area contributed by atoms with Gasteiger partial charge in [-0.25, -0.2) is 0 Å². The number of rotatable bonds is 5. The summed E-state index contributed by atoms with van der Waals surface area (Å²) in [6.07, 6.45) is 2.28. The lowest BCUT2D eigenvalue weighted by atomic mass is 10.1. The number of fused-ring (bicyclic) bond motifs is 1. The summed E-state index contributed by atoms with van der Waals surface area (Å²) in [4.78, 5) is 2.22. The third-order valence-electron chi connectivity index (χ3n) is 3.60. The fourth-order valence-electron chi connectivity index (χ4n) is 2.51. The molecule has 0 spiro atoms. The Hall–Kier alpha value is -1.56. The number of aromatic nitrogens is 2. The molecule has 6 heteroatoms. The van der Waals surface area contributed by atoms with Crippen LogP contribution in [0.25, 0.3) is 0 Å². The molecule has 3 rings (SSSR count). The Morgan fingerprint density at radius 3 is 3.00 bits per heavy atom. The lowest BCUT2D eigenvalue weighted by Crippen LogP contribution is -2.38. The van der Waals surface area contributed by atoms with Crippen LogP contribution >= 0.6 is 11.6 Å². The molecule has 1 aromatic carbocycles. The van der Waals surface area contributed by atoms with E-state index in [9.17, 15) is 5.11 Å². The Balaban J connectivity index is 1.46. The number of hydrogen-bond acceptors (Lipinski definition) is 4. The van der Waals surface area contributed by atoms with E-state index < -0.39 is 6.10 Å². The van der Waals surface area contributed by atoms with Gasteiger partial charge in [0.05, 0.1) is 6.20 Å². The number of nitrogens with one attached hydrogen (secondary N) is 1. The molecule has 0 bridgehead atoms. The maximum Gasteiger partial charge on any atom is 0.119 e. The number of nitrogens with zero attached hydrogens (tertiary/aromatic N) is 2. The lowest BCUT2D eigenvalue weighted by molar-refractivity contribution is 0.0637. The number of aliphatic hydroxyl groups is 1. The average Bonchev–Trinajstić information content (AvgIpc) is 2.94. The number of ether oxygens (including phenoxy) is 1. The summed E-state index contributed by atoms with van der Waals surface area (Å²) in [6.45, 7) is 2.62. The fourth-order valence-corrected chi connectivity index (χ4v) is 2.64. The summed E-state index contributed by atoms with van der Waals surface area (Å²) in [5, 5.41) is 17.8. The monoisotopic (exact) mass is 307 g/mol. The minimum atomic E-state index is -0.519. The normalized spacial score (nSPS) is 16.5. The van der Waals surface area contributed by atoms with Crippen LogP contribution in [0.2, 0.25) is 5.02 Å². The van der Waals surface area contributed by atoms with E-state index in [1.54, 1.807) is 24.3 Å². The van der Waals surface area contributed by atoms with Crippen LogP contribution in [0, 0.1) is 0 Å². The zero-order valence-electron chi connectivity index (χ0n) is 11.6. The molecule has 21 heavy (non-hydrogen) atoms. The van der Waals surface area contributed by atoms with Crippen LogP contribution in [0.15, 0.2) is 30.5 Å². The van der Waals surface area contributed by atoms with Gasteiger partial charge in [0.15, 0.2) is 0 Å². The second kappa shape index (κ2) is 6.47. The summed E-state index contributed by atoms with van der Waals surface area (Å²) in [5.41, 5.74) is 2.42. The first-order valence-corrected chi connectivity index (χ1v) is 7.38. The Morgan fingerprint density at radius 1 is 1.38 bits per heavy atom. The van der Waals surface area contributed by atoms with Gasteiger partial charge >= 0.3 is 0 Å². The van der Waals surface area contributed by atoms with Gasteiger partial charge in [-0.2, -0.15) is 5.10 Å². The van der Waals surface area contributed by atoms with Gasteiger partial charge in [0.1, 0.15) is 18.5 Å². The molecular weight excluding hydrogens is 290 g/mol. The molecule has 0 amide bonds. The molecule has 0 fully saturated rings. The van der Waals surface area contributed by atoms with Crippen molar-refractivity contribution in [2.45, 2.75) is 19.1 Å². The first-order valence-electron chi connectivity index (χ1n) is 7.00. The maximum absolute atomic E-state index is 10.1. The van der Waals surface area contributed by atoms with E-state index in [0.717, 1.165) is 19.5 Å². The van der Waals surface area contributed by atoms with Crippen LogP contribution in [-0.4, -0.2) is 46.0 Å². The molecule has 0 saturated heterocycles. The highest BCUT2D eigenvalue weighted by atomic mass is 35.5. The van der Waals surface area contributed by atoms with E-state index >= 15 is 0 Å². The van der Waals surface area contributed by atoms with Crippen molar-refractivity contribution in [3.05, 3.63) is 46.7 Å². The second-order valence-electron chi connectivity index (χ2n) is 5.28. The molecule has 1 aromatic heterocycles. The van der Waals surface area contributed by atoms with Gasteiger partial charge in [-0.15, -0.1) is 0 Å². The van der Waals surface area contributed by atoms with Crippen molar-refractivity contribution in [2.24, 2.45) is 0 Å². The minimum absolute atomic E-state index is 0.274.